The molecule has 5 aliphatic rings. The van der Waals surface area contributed by atoms with Crippen molar-refractivity contribution in [1.82, 2.24) is 0 Å². The first kappa shape index (κ1) is 32.9. The van der Waals surface area contributed by atoms with E-state index in [4.69, 9.17) is 9.47 Å². The molecule has 5 rings (SSSR count). The fraction of sp³-hybridized carbons (Fsp3) is 0.946. The zero-order valence-electron chi connectivity index (χ0n) is 27.9. The van der Waals surface area contributed by atoms with E-state index in [1.807, 2.05) is 6.92 Å². The summed E-state index contributed by atoms with van der Waals surface area (Å²) in [7, 11) is 0. The van der Waals surface area contributed by atoms with Crippen molar-refractivity contribution < 1.29 is 24.8 Å². The predicted octanol–water partition coefficient (Wildman–Crippen LogP) is 7.51. The van der Waals surface area contributed by atoms with Gasteiger partial charge in [0.25, 0.3) is 0 Å². The Bertz CT molecular complexity index is 931. The third-order valence-corrected chi connectivity index (χ3v) is 14.0. The number of ether oxygens (including phenoxy) is 2. The fourth-order valence-electron chi connectivity index (χ4n) is 11.2. The maximum Gasteiger partial charge on any atom is 0.163 e. The van der Waals surface area contributed by atoms with E-state index in [9.17, 15) is 15.3 Å². The van der Waals surface area contributed by atoms with Crippen molar-refractivity contribution in [3.05, 3.63) is 11.6 Å². The third kappa shape index (κ3) is 5.93. The monoisotopic (exact) mass is 588 g/mol. The number of aliphatic hydroxyl groups is 3. The molecule has 4 unspecified atom stereocenters. The van der Waals surface area contributed by atoms with Crippen LogP contribution in [0.1, 0.15) is 126 Å². The number of aliphatic hydroxyl groups excluding tert-OH is 3. The van der Waals surface area contributed by atoms with E-state index in [0.717, 1.165) is 60.7 Å². The summed E-state index contributed by atoms with van der Waals surface area (Å²) in [6.07, 6.45) is 14.7. The van der Waals surface area contributed by atoms with Gasteiger partial charge in [-0.15, -0.1) is 0 Å². The first-order valence-electron chi connectivity index (χ1n) is 17.9. The summed E-state index contributed by atoms with van der Waals surface area (Å²) in [6, 6.07) is 0. The molecule has 5 heteroatoms. The summed E-state index contributed by atoms with van der Waals surface area (Å²) in [4.78, 5) is 0. The van der Waals surface area contributed by atoms with E-state index < -0.39 is 24.6 Å². The molecule has 4 aliphatic carbocycles. The molecule has 242 valence electrons. The Kier molecular flexibility index (Phi) is 10.3. The molecule has 0 aromatic rings. The Hall–Kier alpha value is -0.460. The molecule has 14 atom stereocenters. The largest absolute Gasteiger partial charge is 0.394 e. The molecule has 3 saturated carbocycles. The maximum atomic E-state index is 10.5. The van der Waals surface area contributed by atoms with Crippen molar-refractivity contribution in [2.24, 2.45) is 58.2 Å². The number of rotatable bonds is 9. The molecule has 0 aromatic heterocycles. The maximum absolute atomic E-state index is 10.5. The van der Waals surface area contributed by atoms with E-state index in [-0.39, 0.29) is 24.0 Å². The van der Waals surface area contributed by atoms with Gasteiger partial charge in [0.15, 0.2) is 6.29 Å². The molecule has 1 heterocycles. The van der Waals surface area contributed by atoms with Crippen LogP contribution in [-0.2, 0) is 9.47 Å². The van der Waals surface area contributed by atoms with Gasteiger partial charge in [-0.2, -0.15) is 0 Å². The number of hydrogen-bond acceptors (Lipinski definition) is 5. The van der Waals surface area contributed by atoms with Gasteiger partial charge in [-0.1, -0.05) is 79.4 Å². The van der Waals surface area contributed by atoms with Crippen molar-refractivity contribution in [2.75, 3.05) is 6.61 Å². The van der Waals surface area contributed by atoms with Gasteiger partial charge >= 0.3 is 0 Å². The molecule has 0 spiro atoms. The minimum Gasteiger partial charge on any atom is -0.394 e. The van der Waals surface area contributed by atoms with Crippen molar-refractivity contribution in [3.8, 4) is 0 Å². The molecule has 1 saturated heterocycles. The lowest BCUT2D eigenvalue weighted by atomic mass is 9.42. The molecule has 0 bridgehead atoms. The summed E-state index contributed by atoms with van der Waals surface area (Å²) in [5.41, 5.74) is 2.34. The van der Waals surface area contributed by atoms with Gasteiger partial charge in [-0.25, -0.2) is 0 Å². The molecule has 4 fully saturated rings. The molecule has 1 aliphatic heterocycles. The standard InChI is InChI=1S/C37H64O5/c1-8-25(22(2)3)13-12-23(4)29-10-9-11-30-28-15-14-26-20-27(16-18-36(26,6)31(28)17-19-37(29,30)7)41-35-24(5)33(39)34(40)32(21-38)42-35/h14,22-25,27-35,38-40H,8-13,15-21H2,1-7H3/t23-,24+,25-,27+,28?,29?,30?,31?,32+,33+,34+,35-,36+,37-/m1/s1. The molecular formula is C37H64O5. The molecule has 42 heavy (non-hydrogen) atoms. The molecule has 0 amide bonds. The van der Waals surface area contributed by atoms with Gasteiger partial charge in [0.05, 0.1) is 18.8 Å². The van der Waals surface area contributed by atoms with Gasteiger partial charge in [-0.3, -0.25) is 0 Å². The number of allylic oxidation sites excluding steroid dienone is 1. The lowest BCUT2D eigenvalue weighted by Gasteiger charge is -2.62. The molecule has 3 N–H and O–H groups in total. The minimum atomic E-state index is -1.08. The quantitative estimate of drug-likeness (QED) is 0.243. The molecule has 5 nitrogen and oxygen atoms in total. The topological polar surface area (TPSA) is 79.2 Å². The van der Waals surface area contributed by atoms with Crippen LogP contribution in [0.3, 0.4) is 0 Å². The Labute approximate surface area is 257 Å². The number of hydrogen-bond donors (Lipinski definition) is 3. The van der Waals surface area contributed by atoms with Gasteiger partial charge in [0, 0.05) is 5.92 Å². The van der Waals surface area contributed by atoms with E-state index in [0.29, 0.717) is 5.41 Å². The van der Waals surface area contributed by atoms with Gasteiger partial charge in [0.2, 0.25) is 0 Å². The Balaban J connectivity index is 1.26. The van der Waals surface area contributed by atoms with Gasteiger partial charge in [-0.05, 0) is 110 Å². The second-order valence-corrected chi connectivity index (χ2v) is 16.4. The second kappa shape index (κ2) is 13.1. The van der Waals surface area contributed by atoms with E-state index in [2.05, 4.69) is 47.6 Å². The highest BCUT2D eigenvalue weighted by Gasteiger charge is 2.58. The van der Waals surface area contributed by atoms with Crippen LogP contribution in [0.5, 0.6) is 0 Å². The van der Waals surface area contributed by atoms with Crippen molar-refractivity contribution in [3.63, 3.8) is 0 Å². The average molecular weight is 589 g/mol. The Morgan fingerprint density at radius 2 is 1.76 bits per heavy atom. The van der Waals surface area contributed by atoms with Crippen molar-refractivity contribution in [2.45, 2.75) is 156 Å². The van der Waals surface area contributed by atoms with Crippen molar-refractivity contribution >= 4 is 0 Å². The zero-order valence-corrected chi connectivity index (χ0v) is 27.9. The summed E-state index contributed by atoms with van der Waals surface area (Å²) in [5, 5.41) is 30.4. The third-order valence-electron chi connectivity index (χ3n) is 14.0. The summed E-state index contributed by atoms with van der Waals surface area (Å²) >= 11 is 0. The summed E-state index contributed by atoms with van der Waals surface area (Å²) in [6.45, 7) is 16.6. The predicted molar refractivity (Wildman–Crippen MR) is 169 cm³/mol. The van der Waals surface area contributed by atoms with Crippen LogP contribution in [0.25, 0.3) is 0 Å². The van der Waals surface area contributed by atoms with Gasteiger partial charge < -0.3 is 24.8 Å². The molecular weight excluding hydrogens is 524 g/mol. The van der Waals surface area contributed by atoms with Crippen LogP contribution in [0, 0.1) is 58.2 Å². The van der Waals surface area contributed by atoms with Crippen LogP contribution >= 0.6 is 0 Å². The zero-order chi connectivity index (χ0) is 30.4. The first-order chi connectivity index (χ1) is 19.9. The summed E-state index contributed by atoms with van der Waals surface area (Å²) in [5.74, 6) is 5.48. The average Bonchev–Trinajstić information content (AvgIpc) is 2.96. The summed E-state index contributed by atoms with van der Waals surface area (Å²) < 4.78 is 12.4. The highest BCUT2D eigenvalue weighted by molar-refractivity contribution is 5.25. The van der Waals surface area contributed by atoms with Crippen molar-refractivity contribution in [1.29, 1.82) is 0 Å². The van der Waals surface area contributed by atoms with E-state index in [1.54, 1.807) is 5.57 Å². The molecule has 0 aromatic carbocycles. The SMILES string of the molecule is CC[C@H](CC[C@@H](C)C1CCCC2C3CC=C4C[C@@H](O[C@@H]5O[C@@H](CO)[C@H](O)[C@@H](O)[C@@H]5C)CC[C@]4(C)C3CC[C@@]21C)C(C)C. The Morgan fingerprint density at radius 3 is 2.45 bits per heavy atom. The lowest BCUT2D eigenvalue weighted by molar-refractivity contribution is -0.295. The number of fused-ring (bicyclic) bond motifs is 5. The van der Waals surface area contributed by atoms with Crippen LogP contribution in [0.15, 0.2) is 11.6 Å². The molecule has 0 radical (unpaired) electrons. The minimum absolute atomic E-state index is 0.0571. The highest BCUT2D eigenvalue weighted by Crippen LogP contribution is 2.66. The lowest BCUT2D eigenvalue weighted by Crippen LogP contribution is -2.57. The van der Waals surface area contributed by atoms with Crippen LogP contribution in [0.2, 0.25) is 0 Å². The first-order valence-corrected chi connectivity index (χ1v) is 17.9. The smallest absolute Gasteiger partial charge is 0.163 e. The van der Waals surface area contributed by atoms with Crippen LogP contribution < -0.4 is 0 Å². The normalized spacial score (nSPS) is 47.2. The van der Waals surface area contributed by atoms with Gasteiger partial charge in [0.1, 0.15) is 12.2 Å². The van der Waals surface area contributed by atoms with Crippen LogP contribution in [0.4, 0.5) is 0 Å². The second-order valence-electron chi connectivity index (χ2n) is 16.4. The van der Waals surface area contributed by atoms with E-state index in [1.165, 1.54) is 57.8 Å². The Morgan fingerprint density at radius 1 is 1.00 bits per heavy atom. The highest BCUT2D eigenvalue weighted by atomic mass is 16.7. The fourth-order valence-corrected chi connectivity index (χ4v) is 11.2. The van der Waals surface area contributed by atoms with Crippen LogP contribution in [-0.4, -0.2) is 52.6 Å². The van der Waals surface area contributed by atoms with E-state index >= 15 is 0 Å².